The second kappa shape index (κ2) is 4.14. The molecule has 0 spiro atoms. The predicted molar refractivity (Wildman–Crippen MR) is 66.9 cm³/mol. The van der Waals surface area contributed by atoms with E-state index < -0.39 is 0 Å². The lowest BCUT2D eigenvalue weighted by Gasteiger charge is -2.20. The molecule has 0 atom stereocenters. The summed E-state index contributed by atoms with van der Waals surface area (Å²) >= 11 is 0. The molecule has 1 heterocycles. The van der Waals surface area contributed by atoms with Gasteiger partial charge in [0.15, 0.2) is 5.84 Å². The van der Waals surface area contributed by atoms with Crippen LogP contribution in [0.4, 0.5) is 5.69 Å². The van der Waals surface area contributed by atoms with Gasteiger partial charge in [0.1, 0.15) is 5.75 Å². The Hall–Kier alpha value is -1.95. The Morgan fingerprint density at radius 1 is 1.35 bits per heavy atom. The second-order valence-corrected chi connectivity index (χ2v) is 4.33. The molecule has 0 amide bonds. The van der Waals surface area contributed by atoms with Gasteiger partial charge in [0, 0.05) is 24.4 Å². The van der Waals surface area contributed by atoms with Gasteiger partial charge in [-0.2, -0.15) is 0 Å². The Kier molecular flexibility index (Phi) is 2.81. The van der Waals surface area contributed by atoms with Crippen LogP contribution in [0.15, 0.2) is 23.3 Å². The normalized spacial score (nSPS) is 15.6. The summed E-state index contributed by atoms with van der Waals surface area (Å²) in [5, 5.41) is 17.5. The van der Waals surface area contributed by atoms with Crippen molar-refractivity contribution >= 4 is 11.5 Å². The van der Waals surface area contributed by atoms with Crippen LogP contribution < -0.4 is 11.3 Å². The van der Waals surface area contributed by atoms with Crippen molar-refractivity contribution in [3.63, 3.8) is 0 Å². The highest BCUT2D eigenvalue weighted by Gasteiger charge is 2.22. The number of anilines is 1. The lowest BCUT2D eigenvalue weighted by atomic mass is 10.1. The zero-order chi connectivity index (χ0) is 12.6. The van der Waals surface area contributed by atoms with Crippen molar-refractivity contribution in [1.29, 1.82) is 0 Å². The van der Waals surface area contributed by atoms with Crippen LogP contribution in [-0.4, -0.2) is 34.2 Å². The average molecular weight is 235 g/mol. The molecule has 1 aliphatic rings. The number of hydrazine groups is 2. The summed E-state index contributed by atoms with van der Waals surface area (Å²) in [4.78, 5) is 0. The average Bonchev–Trinajstić information content (AvgIpc) is 2.59. The molecule has 17 heavy (non-hydrogen) atoms. The Bertz CT molecular complexity index is 437. The lowest BCUT2D eigenvalue weighted by molar-refractivity contribution is 0.0965. The number of hydrogen-bond acceptors (Lipinski definition) is 6. The molecule has 0 aromatic heterocycles. The first-order valence-electron chi connectivity index (χ1n) is 5.45. The highest BCUT2D eigenvalue weighted by atomic mass is 16.3. The number of nitrogen functional groups attached to an aromatic ring is 1. The van der Waals surface area contributed by atoms with Crippen molar-refractivity contribution in [2.75, 3.05) is 12.8 Å². The topological polar surface area (TPSA) is 77.1 Å². The summed E-state index contributed by atoms with van der Waals surface area (Å²) in [6.45, 7) is 4.06. The SMILES string of the molecule is CC(C)N1N=C(c2cc(N)cc(O)c2)N(C)N1. The van der Waals surface area contributed by atoms with Gasteiger partial charge in [0.05, 0.1) is 6.04 Å². The maximum atomic E-state index is 9.53. The first-order chi connectivity index (χ1) is 7.97. The summed E-state index contributed by atoms with van der Waals surface area (Å²) < 4.78 is 0. The van der Waals surface area contributed by atoms with Crippen LogP contribution in [0.25, 0.3) is 0 Å². The Morgan fingerprint density at radius 2 is 2.06 bits per heavy atom. The minimum atomic E-state index is 0.138. The molecule has 6 heteroatoms. The third-order valence-corrected chi connectivity index (χ3v) is 2.46. The zero-order valence-electron chi connectivity index (χ0n) is 10.2. The van der Waals surface area contributed by atoms with E-state index in [0.717, 1.165) is 11.4 Å². The van der Waals surface area contributed by atoms with Gasteiger partial charge in [-0.15, -0.1) is 10.6 Å². The van der Waals surface area contributed by atoms with Crippen molar-refractivity contribution in [2.45, 2.75) is 19.9 Å². The van der Waals surface area contributed by atoms with E-state index in [1.807, 2.05) is 20.9 Å². The molecule has 0 aliphatic carbocycles. The van der Waals surface area contributed by atoms with Gasteiger partial charge < -0.3 is 10.8 Å². The fourth-order valence-electron chi connectivity index (χ4n) is 1.64. The largest absolute Gasteiger partial charge is 0.508 e. The highest BCUT2D eigenvalue weighted by Crippen LogP contribution is 2.20. The van der Waals surface area contributed by atoms with Crippen molar-refractivity contribution in [2.24, 2.45) is 5.10 Å². The van der Waals surface area contributed by atoms with Crippen LogP contribution in [0.3, 0.4) is 0 Å². The van der Waals surface area contributed by atoms with Gasteiger partial charge in [-0.3, -0.25) is 5.01 Å². The van der Waals surface area contributed by atoms with Crippen molar-refractivity contribution in [1.82, 2.24) is 15.7 Å². The van der Waals surface area contributed by atoms with Crippen LogP contribution >= 0.6 is 0 Å². The number of nitrogens with zero attached hydrogens (tertiary/aromatic N) is 3. The van der Waals surface area contributed by atoms with Gasteiger partial charge in [0.25, 0.3) is 0 Å². The summed E-state index contributed by atoms with van der Waals surface area (Å²) in [5.74, 6) is 0.861. The van der Waals surface area contributed by atoms with E-state index in [-0.39, 0.29) is 11.8 Å². The molecular formula is C11H17N5O. The molecule has 2 rings (SSSR count). The van der Waals surface area contributed by atoms with Crippen molar-refractivity contribution in [3.05, 3.63) is 23.8 Å². The van der Waals surface area contributed by atoms with Gasteiger partial charge >= 0.3 is 0 Å². The van der Waals surface area contributed by atoms with E-state index in [0.29, 0.717) is 5.69 Å². The Balaban J connectivity index is 2.36. The van der Waals surface area contributed by atoms with Crippen LogP contribution in [0.2, 0.25) is 0 Å². The van der Waals surface area contributed by atoms with E-state index >= 15 is 0 Å². The Labute approximate surface area is 100 Å². The van der Waals surface area contributed by atoms with Gasteiger partial charge in [0.2, 0.25) is 0 Å². The fraction of sp³-hybridized carbons (Fsp3) is 0.364. The number of hydrogen-bond donors (Lipinski definition) is 3. The summed E-state index contributed by atoms with van der Waals surface area (Å²) in [6.07, 6.45) is 0. The van der Waals surface area contributed by atoms with E-state index in [4.69, 9.17) is 5.73 Å². The van der Waals surface area contributed by atoms with Crippen LogP contribution in [0, 0.1) is 0 Å². The third kappa shape index (κ3) is 2.26. The van der Waals surface area contributed by atoms with Crippen LogP contribution in [-0.2, 0) is 0 Å². The number of hydrazone groups is 1. The Morgan fingerprint density at radius 3 is 2.59 bits per heavy atom. The predicted octanol–water partition coefficient (Wildman–Crippen LogP) is 0.711. The molecule has 4 N–H and O–H groups in total. The molecule has 0 saturated carbocycles. The maximum Gasteiger partial charge on any atom is 0.173 e. The van der Waals surface area contributed by atoms with E-state index in [9.17, 15) is 5.11 Å². The van der Waals surface area contributed by atoms with Crippen molar-refractivity contribution < 1.29 is 5.11 Å². The lowest BCUT2D eigenvalue weighted by Crippen LogP contribution is -2.43. The van der Waals surface area contributed by atoms with Crippen LogP contribution in [0.5, 0.6) is 5.75 Å². The number of phenols is 1. The van der Waals surface area contributed by atoms with Crippen LogP contribution in [0.1, 0.15) is 19.4 Å². The third-order valence-electron chi connectivity index (χ3n) is 2.46. The standard InChI is InChI=1S/C11H17N5O/c1-7(2)16-13-11(15(3)14-16)8-4-9(12)6-10(17)5-8/h4-7,14,17H,12H2,1-3H3. The van der Waals surface area contributed by atoms with E-state index in [2.05, 4.69) is 10.6 Å². The number of nitrogens with one attached hydrogen (secondary N) is 1. The smallest absolute Gasteiger partial charge is 0.173 e. The fourth-order valence-corrected chi connectivity index (χ4v) is 1.64. The number of nitrogens with two attached hydrogens (primary N) is 1. The minimum absolute atomic E-state index is 0.138. The summed E-state index contributed by atoms with van der Waals surface area (Å²) in [5.41, 5.74) is 10.1. The molecule has 0 unspecified atom stereocenters. The minimum Gasteiger partial charge on any atom is -0.508 e. The maximum absolute atomic E-state index is 9.53. The molecule has 0 radical (unpaired) electrons. The first kappa shape index (κ1) is 11.5. The molecule has 0 bridgehead atoms. The molecule has 1 aliphatic heterocycles. The molecular weight excluding hydrogens is 218 g/mol. The van der Waals surface area contributed by atoms with Gasteiger partial charge in [-0.05, 0) is 26.0 Å². The molecule has 0 saturated heterocycles. The van der Waals surface area contributed by atoms with E-state index in [1.165, 1.54) is 6.07 Å². The molecule has 0 fully saturated rings. The number of benzene rings is 1. The quantitative estimate of drug-likeness (QED) is 0.658. The van der Waals surface area contributed by atoms with E-state index in [1.54, 1.807) is 22.3 Å². The number of aromatic hydroxyl groups is 1. The van der Waals surface area contributed by atoms with Gasteiger partial charge in [-0.1, -0.05) is 0 Å². The highest BCUT2D eigenvalue weighted by molar-refractivity contribution is 5.99. The zero-order valence-corrected chi connectivity index (χ0v) is 10.2. The summed E-state index contributed by atoms with van der Waals surface area (Å²) in [7, 11) is 1.86. The molecule has 92 valence electrons. The van der Waals surface area contributed by atoms with Crippen molar-refractivity contribution in [3.8, 4) is 5.75 Å². The van der Waals surface area contributed by atoms with Gasteiger partial charge in [-0.25, -0.2) is 5.12 Å². The molecule has 6 nitrogen and oxygen atoms in total. The monoisotopic (exact) mass is 235 g/mol. The number of rotatable bonds is 2. The molecule has 1 aromatic rings. The first-order valence-corrected chi connectivity index (χ1v) is 5.45. The number of phenolic OH excluding ortho intramolecular Hbond substituents is 1. The summed E-state index contributed by atoms with van der Waals surface area (Å²) in [6, 6.07) is 5.16. The number of amidine groups is 1. The second-order valence-electron chi connectivity index (χ2n) is 4.33. The molecule has 1 aromatic carbocycles.